The molecule has 20 heavy (non-hydrogen) atoms. The number of ether oxygens (including phenoxy) is 2. The van der Waals surface area contributed by atoms with E-state index in [-0.39, 0.29) is 12.6 Å². The van der Waals surface area contributed by atoms with Gasteiger partial charge >= 0.3 is 5.97 Å². The van der Waals surface area contributed by atoms with Crippen LogP contribution >= 0.6 is 0 Å². The van der Waals surface area contributed by atoms with Crippen molar-refractivity contribution in [3.63, 3.8) is 0 Å². The van der Waals surface area contributed by atoms with Crippen LogP contribution in [0.25, 0.3) is 0 Å². The molecule has 0 heterocycles. The maximum absolute atomic E-state index is 11.9. The summed E-state index contributed by atoms with van der Waals surface area (Å²) in [5.41, 5.74) is 8.55. The molecule has 4 heteroatoms. The molecule has 0 aromatic heterocycles. The van der Waals surface area contributed by atoms with Gasteiger partial charge in [-0.2, -0.15) is 0 Å². The van der Waals surface area contributed by atoms with E-state index in [9.17, 15) is 4.79 Å². The zero-order valence-electron chi connectivity index (χ0n) is 11.6. The highest BCUT2D eigenvalue weighted by Crippen LogP contribution is 2.19. The Morgan fingerprint density at radius 3 is 2.65 bits per heavy atom. The summed E-state index contributed by atoms with van der Waals surface area (Å²) in [4.78, 5) is 11.9. The lowest BCUT2D eigenvalue weighted by Crippen LogP contribution is -2.06. The summed E-state index contributed by atoms with van der Waals surface area (Å²) in [6.45, 7) is 2.17. The Kier molecular flexibility index (Phi) is 4.25. The molecule has 0 aliphatic carbocycles. The number of benzene rings is 2. The van der Waals surface area contributed by atoms with E-state index < -0.39 is 0 Å². The van der Waals surface area contributed by atoms with Gasteiger partial charge in [-0.05, 0) is 48.4 Å². The van der Waals surface area contributed by atoms with Crippen molar-refractivity contribution >= 4 is 11.7 Å². The molecule has 0 saturated carbocycles. The smallest absolute Gasteiger partial charge is 0.338 e. The maximum atomic E-state index is 11.9. The zero-order chi connectivity index (χ0) is 14.5. The van der Waals surface area contributed by atoms with Gasteiger partial charge in [-0.1, -0.05) is 12.1 Å². The number of carbonyl (C=O) groups excluding carboxylic acids is 1. The molecule has 2 N–H and O–H groups in total. The lowest BCUT2D eigenvalue weighted by Gasteiger charge is -2.08. The highest BCUT2D eigenvalue weighted by Gasteiger charge is 2.08. The van der Waals surface area contributed by atoms with E-state index in [1.165, 1.54) is 0 Å². The van der Waals surface area contributed by atoms with Crippen molar-refractivity contribution in [2.24, 2.45) is 0 Å². The average molecular weight is 271 g/mol. The van der Waals surface area contributed by atoms with E-state index in [0.29, 0.717) is 11.3 Å². The molecule has 0 saturated heterocycles. The van der Waals surface area contributed by atoms with Crippen LogP contribution in [0.15, 0.2) is 42.5 Å². The van der Waals surface area contributed by atoms with Crippen molar-refractivity contribution in [2.45, 2.75) is 13.5 Å². The second kappa shape index (κ2) is 6.10. The summed E-state index contributed by atoms with van der Waals surface area (Å²) in [5, 5.41) is 0. The quantitative estimate of drug-likeness (QED) is 0.686. The standard InChI is InChI=1S/C16H17NO3/c1-11-8-12(6-7-15(11)19-2)10-20-16(18)13-4-3-5-14(17)9-13/h3-9H,10,17H2,1-2H3. The Balaban J connectivity index is 2.02. The molecule has 0 spiro atoms. The Morgan fingerprint density at radius 1 is 1.20 bits per heavy atom. The third kappa shape index (κ3) is 3.29. The van der Waals surface area contributed by atoms with Crippen molar-refractivity contribution in [2.75, 3.05) is 12.8 Å². The number of esters is 1. The van der Waals surface area contributed by atoms with Gasteiger partial charge in [0.1, 0.15) is 12.4 Å². The van der Waals surface area contributed by atoms with E-state index in [2.05, 4.69) is 0 Å². The largest absolute Gasteiger partial charge is 0.496 e. The van der Waals surface area contributed by atoms with Gasteiger partial charge in [0.15, 0.2) is 0 Å². The summed E-state index contributed by atoms with van der Waals surface area (Å²) < 4.78 is 10.4. The SMILES string of the molecule is COc1ccc(COC(=O)c2cccc(N)c2)cc1C. The van der Waals surface area contributed by atoms with Gasteiger partial charge in [0.05, 0.1) is 12.7 Å². The molecule has 2 aromatic rings. The van der Waals surface area contributed by atoms with E-state index >= 15 is 0 Å². The molecule has 104 valence electrons. The third-order valence-electron chi connectivity index (χ3n) is 2.95. The van der Waals surface area contributed by atoms with Crippen molar-refractivity contribution in [1.29, 1.82) is 0 Å². The fourth-order valence-corrected chi connectivity index (χ4v) is 1.93. The second-order valence-corrected chi connectivity index (χ2v) is 4.51. The second-order valence-electron chi connectivity index (χ2n) is 4.51. The Morgan fingerprint density at radius 2 is 2.00 bits per heavy atom. The molecule has 0 bridgehead atoms. The molecule has 0 unspecified atom stereocenters. The van der Waals surface area contributed by atoms with E-state index in [1.54, 1.807) is 31.4 Å². The molecule has 2 aromatic carbocycles. The summed E-state index contributed by atoms with van der Waals surface area (Å²) in [5.74, 6) is 0.432. The molecule has 4 nitrogen and oxygen atoms in total. The van der Waals surface area contributed by atoms with Crippen LogP contribution in [0.3, 0.4) is 0 Å². The summed E-state index contributed by atoms with van der Waals surface area (Å²) >= 11 is 0. The topological polar surface area (TPSA) is 61.5 Å². The first-order valence-electron chi connectivity index (χ1n) is 6.26. The molecule has 2 rings (SSSR count). The number of hydrogen-bond donors (Lipinski definition) is 1. The molecule has 0 aliphatic rings. The van der Waals surface area contributed by atoms with Crippen molar-refractivity contribution in [3.8, 4) is 5.75 Å². The van der Waals surface area contributed by atoms with E-state index in [0.717, 1.165) is 16.9 Å². The van der Waals surface area contributed by atoms with Crippen LogP contribution in [0.4, 0.5) is 5.69 Å². The molecule has 0 atom stereocenters. The first-order chi connectivity index (χ1) is 9.60. The minimum atomic E-state index is -0.384. The number of hydrogen-bond acceptors (Lipinski definition) is 4. The van der Waals surface area contributed by atoms with E-state index in [1.807, 2.05) is 25.1 Å². The number of carbonyl (C=O) groups is 1. The lowest BCUT2D eigenvalue weighted by molar-refractivity contribution is 0.0472. The van der Waals surface area contributed by atoms with Gasteiger partial charge in [-0.25, -0.2) is 4.79 Å². The van der Waals surface area contributed by atoms with Gasteiger partial charge in [-0.3, -0.25) is 0 Å². The molecular formula is C16H17NO3. The fraction of sp³-hybridized carbons (Fsp3) is 0.188. The van der Waals surface area contributed by atoms with Gasteiger partial charge in [0.2, 0.25) is 0 Å². The first-order valence-corrected chi connectivity index (χ1v) is 6.26. The Labute approximate surface area is 118 Å². The Hall–Kier alpha value is -2.49. The van der Waals surface area contributed by atoms with Crippen LogP contribution in [0.2, 0.25) is 0 Å². The molecule has 0 fully saturated rings. The number of methoxy groups -OCH3 is 1. The predicted molar refractivity (Wildman–Crippen MR) is 77.7 cm³/mol. The van der Waals surface area contributed by atoms with Gasteiger partial charge in [0.25, 0.3) is 0 Å². The number of anilines is 1. The van der Waals surface area contributed by atoms with Crippen molar-refractivity contribution < 1.29 is 14.3 Å². The molecule has 0 amide bonds. The number of rotatable bonds is 4. The minimum Gasteiger partial charge on any atom is -0.496 e. The monoisotopic (exact) mass is 271 g/mol. The van der Waals surface area contributed by atoms with Crippen LogP contribution in [0.5, 0.6) is 5.75 Å². The van der Waals surface area contributed by atoms with E-state index in [4.69, 9.17) is 15.2 Å². The van der Waals surface area contributed by atoms with Gasteiger partial charge in [0, 0.05) is 5.69 Å². The fourth-order valence-electron chi connectivity index (χ4n) is 1.93. The van der Waals surface area contributed by atoms with Crippen LogP contribution < -0.4 is 10.5 Å². The van der Waals surface area contributed by atoms with Crippen molar-refractivity contribution in [3.05, 3.63) is 59.2 Å². The highest BCUT2D eigenvalue weighted by atomic mass is 16.5. The van der Waals surface area contributed by atoms with Crippen molar-refractivity contribution in [1.82, 2.24) is 0 Å². The molecule has 0 radical (unpaired) electrons. The van der Waals surface area contributed by atoms with Crippen LogP contribution in [0, 0.1) is 6.92 Å². The Bertz CT molecular complexity index is 623. The molecular weight excluding hydrogens is 254 g/mol. The summed E-state index contributed by atoms with van der Waals surface area (Å²) in [6, 6.07) is 12.4. The van der Waals surface area contributed by atoms with Crippen LogP contribution in [-0.4, -0.2) is 13.1 Å². The number of aryl methyl sites for hydroxylation is 1. The molecule has 0 aliphatic heterocycles. The van der Waals surface area contributed by atoms with Gasteiger partial charge in [-0.15, -0.1) is 0 Å². The predicted octanol–water partition coefficient (Wildman–Crippen LogP) is 2.94. The normalized spacial score (nSPS) is 10.1. The first kappa shape index (κ1) is 13.9. The van der Waals surface area contributed by atoms with Crippen LogP contribution in [0.1, 0.15) is 21.5 Å². The van der Waals surface area contributed by atoms with Gasteiger partial charge < -0.3 is 15.2 Å². The summed E-state index contributed by atoms with van der Waals surface area (Å²) in [7, 11) is 1.63. The third-order valence-corrected chi connectivity index (χ3v) is 2.95. The average Bonchev–Trinajstić information content (AvgIpc) is 2.45. The summed E-state index contributed by atoms with van der Waals surface area (Å²) in [6.07, 6.45) is 0. The number of nitrogen functional groups attached to an aromatic ring is 1. The lowest BCUT2D eigenvalue weighted by atomic mass is 10.1. The zero-order valence-corrected chi connectivity index (χ0v) is 11.6. The maximum Gasteiger partial charge on any atom is 0.338 e. The van der Waals surface area contributed by atoms with Crippen LogP contribution in [-0.2, 0) is 11.3 Å². The highest BCUT2D eigenvalue weighted by molar-refractivity contribution is 5.90. The number of nitrogens with two attached hydrogens (primary N) is 1. The minimum absolute atomic E-state index is 0.221.